The highest BCUT2D eigenvalue weighted by molar-refractivity contribution is 6.37. The van der Waals surface area contributed by atoms with Crippen LogP contribution in [0.4, 0.5) is 14.5 Å². The Morgan fingerprint density at radius 2 is 1.84 bits per heavy atom. The third-order valence-corrected chi connectivity index (χ3v) is 2.70. The van der Waals surface area contributed by atoms with Crippen LogP contribution in [0, 0.1) is 11.6 Å². The topological polar surface area (TPSA) is 50.2 Å². The number of aromatic nitrogens is 2. The van der Waals surface area contributed by atoms with E-state index < -0.39 is 11.6 Å². The molecular formula is C11H6Cl2F2N4. The van der Waals surface area contributed by atoms with Gasteiger partial charge in [0.15, 0.2) is 5.82 Å². The molecule has 0 aliphatic rings. The maximum absolute atomic E-state index is 13.3. The molecule has 0 atom stereocenters. The van der Waals surface area contributed by atoms with Crippen LogP contribution in [0.25, 0.3) is 0 Å². The average molecular weight is 303 g/mol. The normalized spacial score (nSPS) is 10.9. The highest BCUT2D eigenvalue weighted by atomic mass is 35.5. The number of rotatable bonds is 3. The monoisotopic (exact) mass is 302 g/mol. The summed E-state index contributed by atoms with van der Waals surface area (Å²) in [5, 5.41) is 3.97. The molecule has 19 heavy (non-hydrogen) atoms. The Morgan fingerprint density at radius 3 is 2.47 bits per heavy atom. The van der Waals surface area contributed by atoms with Gasteiger partial charge in [0.05, 0.1) is 17.5 Å². The molecule has 0 aliphatic heterocycles. The minimum Gasteiger partial charge on any atom is -0.276 e. The van der Waals surface area contributed by atoms with Crippen molar-refractivity contribution in [3.05, 3.63) is 52.0 Å². The van der Waals surface area contributed by atoms with Crippen molar-refractivity contribution in [2.24, 2.45) is 5.10 Å². The second-order valence-corrected chi connectivity index (χ2v) is 4.08. The fraction of sp³-hybridized carbons (Fsp3) is 0. The molecule has 0 spiro atoms. The lowest BCUT2D eigenvalue weighted by Gasteiger charge is -2.02. The number of nitrogens with zero attached hydrogens (tertiary/aromatic N) is 3. The van der Waals surface area contributed by atoms with Crippen molar-refractivity contribution in [1.82, 2.24) is 9.97 Å². The molecule has 2 aromatic rings. The fourth-order valence-electron chi connectivity index (χ4n) is 1.21. The van der Waals surface area contributed by atoms with Gasteiger partial charge in [-0.1, -0.05) is 23.2 Å². The summed E-state index contributed by atoms with van der Waals surface area (Å²) in [6, 6.07) is 3.06. The van der Waals surface area contributed by atoms with Crippen LogP contribution >= 0.6 is 23.2 Å². The van der Waals surface area contributed by atoms with Crippen molar-refractivity contribution < 1.29 is 8.78 Å². The number of benzene rings is 1. The third kappa shape index (κ3) is 3.36. The van der Waals surface area contributed by atoms with E-state index in [1.165, 1.54) is 18.6 Å². The van der Waals surface area contributed by atoms with Crippen LogP contribution in [0.15, 0.2) is 29.6 Å². The van der Waals surface area contributed by atoms with E-state index in [9.17, 15) is 8.78 Å². The first kappa shape index (κ1) is 13.6. The molecule has 0 saturated heterocycles. The molecule has 0 saturated carbocycles. The first-order valence-corrected chi connectivity index (χ1v) is 5.73. The number of hydrogen-bond donors (Lipinski definition) is 1. The molecule has 4 nitrogen and oxygen atoms in total. The van der Waals surface area contributed by atoms with Gasteiger partial charge >= 0.3 is 0 Å². The summed E-state index contributed by atoms with van der Waals surface area (Å²) >= 11 is 11.6. The third-order valence-electron chi connectivity index (χ3n) is 2.10. The zero-order chi connectivity index (χ0) is 13.8. The summed E-state index contributed by atoms with van der Waals surface area (Å²) in [6.45, 7) is 0. The minimum absolute atomic E-state index is 0.0155. The van der Waals surface area contributed by atoms with Crippen molar-refractivity contribution in [3.63, 3.8) is 0 Å². The molecule has 0 aliphatic carbocycles. The summed E-state index contributed by atoms with van der Waals surface area (Å²) in [6.07, 6.45) is 2.45. The molecule has 0 fully saturated rings. The molecule has 0 bridgehead atoms. The highest BCUT2D eigenvalue weighted by Crippen LogP contribution is 2.18. The summed E-state index contributed by atoms with van der Waals surface area (Å²) in [5.41, 5.74) is 2.71. The molecule has 0 unspecified atom stereocenters. The zero-order valence-electron chi connectivity index (χ0n) is 9.24. The molecule has 8 heteroatoms. The van der Waals surface area contributed by atoms with E-state index in [1.807, 2.05) is 0 Å². The molecule has 98 valence electrons. The lowest BCUT2D eigenvalue weighted by Crippen LogP contribution is -1.97. The van der Waals surface area contributed by atoms with E-state index in [4.69, 9.17) is 23.2 Å². The predicted molar refractivity (Wildman–Crippen MR) is 69.6 cm³/mol. The van der Waals surface area contributed by atoms with Gasteiger partial charge in [-0.3, -0.25) is 5.43 Å². The summed E-state index contributed by atoms with van der Waals surface area (Å²) < 4.78 is 26.0. The lowest BCUT2D eigenvalue weighted by molar-refractivity contribution is 0.585. The number of halogens is 4. The molecule has 2 rings (SSSR count). The molecule has 1 N–H and O–H groups in total. The van der Waals surface area contributed by atoms with Gasteiger partial charge in [0.1, 0.15) is 22.5 Å². The quantitative estimate of drug-likeness (QED) is 0.536. The Labute approximate surface area is 117 Å². The maximum Gasteiger partial charge on any atom is 0.151 e. The Morgan fingerprint density at radius 1 is 1.16 bits per heavy atom. The Bertz CT molecular complexity index is 614. The second kappa shape index (κ2) is 5.90. The molecule has 1 aromatic heterocycles. The molecular weight excluding hydrogens is 297 g/mol. The second-order valence-electron chi connectivity index (χ2n) is 3.36. The van der Waals surface area contributed by atoms with Crippen LogP contribution in [-0.2, 0) is 0 Å². The van der Waals surface area contributed by atoms with Crippen molar-refractivity contribution in [1.29, 1.82) is 0 Å². The van der Waals surface area contributed by atoms with Gasteiger partial charge in [0.2, 0.25) is 0 Å². The zero-order valence-corrected chi connectivity index (χ0v) is 10.8. The van der Waals surface area contributed by atoms with Gasteiger partial charge in [-0.05, 0) is 12.1 Å². The van der Waals surface area contributed by atoms with E-state index >= 15 is 0 Å². The Kier molecular flexibility index (Phi) is 4.24. The van der Waals surface area contributed by atoms with Crippen molar-refractivity contribution in [2.75, 3.05) is 5.43 Å². The van der Waals surface area contributed by atoms with Gasteiger partial charge in [-0.15, -0.1) is 0 Å². The van der Waals surface area contributed by atoms with Crippen molar-refractivity contribution in [3.8, 4) is 0 Å². The molecule has 1 heterocycles. The summed E-state index contributed by atoms with van der Waals surface area (Å²) in [4.78, 5) is 7.44. The standard InChI is InChI=1S/C11H6Cl2F2N4/c12-10-7(11(13)17-5-16-10)4-18-19-9-2-1-6(14)3-8(9)15/h1-5,19H. The van der Waals surface area contributed by atoms with Crippen LogP contribution in [0.5, 0.6) is 0 Å². The fourth-order valence-corrected chi connectivity index (χ4v) is 1.62. The van der Waals surface area contributed by atoms with Gasteiger partial charge < -0.3 is 0 Å². The van der Waals surface area contributed by atoms with Crippen LogP contribution in [0.1, 0.15) is 5.56 Å². The summed E-state index contributed by atoms with van der Waals surface area (Å²) in [5.74, 6) is -1.44. The molecule has 0 amide bonds. The highest BCUT2D eigenvalue weighted by Gasteiger charge is 2.05. The van der Waals surface area contributed by atoms with Crippen LogP contribution in [0.2, 0.25) is 10.3 Å². The van der Waals surface area contributed by atoms with Gasteiger partial charge in [-0.2, -0.15) is 5.10 Å². The van der Waals surface area contributed by atoms with Gasteiger partial charge in [0.25, 0.3) is 0 Å². The predicted octanol–water partition coefficient (Wildman–Crippen LogP) is 3.51. The molecule has 1 aromatic carbocycles. The van der Waals surface area contributed by atoms with E-state index in [0.29, 0.717) is 5.56 Å². The van der Waals surface area contributed by atoms with E-state index in [2.05, 4.69) is 20.5 Å². The van der Waals surface area contributed by atoms with E-state index in [-0.39, 0.29) is 16.0 Å². The Balaban J connectivity index is 2.16. The molecule has 0 radical (unpaired) electrons. The number of hydrazone groups is 1. The number of hydrogen-bond acceptors (Lipinski definition) is 4. The van der Waals surface area contributed by atoms with Crippen LogP contribution < -0.4 is 5.43 Å². The van der Waals surface area contributed by atoms with Crippen molar-refractivity contribution in [2.45, 2.75) is 0 Å². The van der Waals surface area contributed by atoms with Crippen molar-refractivity contribution >= 4 is 35.1 Å². The number of nitrogens with one attached hydrogen (secondary N) is 1. The van der Waals surface area contributed by atoms with Crippen LogP contribution in [0.3, 0.4) is 0 Å². The SMILES string of the molecule is Fc1ccc(NN=Cc2c(Cl)ncnc2Cl)c(F)c1. The van der Waals surface area contributed by atoms with Gasteiger partial charge in [-0.25, -0.2) is 18.7 Å². The first-order valence-electron chi connectivity index (χ1n) is 4.98. The van der Waals surface area contributed by atoms with Gasteiger partial charge in [0, 0.05) is 6.07 Å². The van der Waals surface area contributed by atoms with Crippen LogP contribution in [-0.4, -0.2) is 16.2 Å². The smallest absolute Gasteiger partial charge is 0.151 e. The minimum atomic E-state index is -0.765. The summed E-state index contributed by atoms with van der Waals surface area (Å²) in [7, 11) is 0. The maximum atomic E-state index is 13.3. The average Bonchev–Trinajstić information content (AvgIpc) is 2.35. The Hall–Kier alpha value is -1.79. The lowest BCUT2D eigenvalue weighted by atomic mass is 10.3. The first-order chi connectivity index (χ1) is 9.08. The van der Waals surface area contributed by atoms with E-state index in [0.717, 1.165) is 12.1 Å². The largest absolute Gasteiger partial charge is 0.276 e. The number of anilines is 1. The van der Waals surface area contributed by atoms with E-state index in [1.54, 1.807) is 0 Å².